The van der Waals surface area contributed by atoms with Crippen LogP contribution in [0.25, 0.3) is 0 Å². The summed E-state index contributed by atoms with van der Waals surface area (Å²) in [5.74, 6) is 0.217. The summed E-state index contributed by atoms with van der Waals surface area (Å²) in [7, 11) is 0. The molecule has 0 bridgehead atoms. The van der Waals surface area contributed by atoms with Gasteiger partial charge in [-0.25, -0.2) is 0 Å². The molecule has 2 fully saturated rings. The van der Waals surface area contributed by atoms with Crippen LogP contribution in [0.15, 0.2) is 0 Å². The average Bonchev–Trinajstić information content (AvgIpc) is 2.53. The monoisotopic (exact) mass is 295 g/mol. The number of amides is 1. The molecule has 4 nitrogen and oxygen atoms in total. The molecular weight excluding hydrogens is 262 g/mol. The van der Waals surface area contributed by atoms with Crippen LogP contribution in [0.2, 0.25) is 0 Å². The van der Waals surface area contributed by atoms with Gasteiger partial charge >= 0.3 is 0 Å². The second-order valence-corrected chi connectivity index (χ2v) is 7.32. The minimum atomic E-state index is -0.382. The number of nitrogens with one attached hydrogen (secondary N) is 1. The molecule has 4 heteroatoms. The van der Waals surface area contributed by atoms with Crippen molar-refractivity contribution in [3.63, 3.8) is 0 Å². The Labute approximate surface area is 129 Å². The fraction of sp³-hybridized carbons (Fsp3) is 0.941. The van der Waals surface area contributed by atoms with Crippen molar-refractivity contribution in [2.75, 3.05) is 19.6 Å². The van der Waals surface area contributed by atoms with E-state index in [0.29, 0.717) is 0 Å². The molecule has 0 radical (unpaired) electrons. The second-order valence-electron chi connectivity index (χ2n) is 7.32. The summed E-state index contributed by atoms with van der Waals surface area (Å²) in [6.45, 7) is 7.20. The van der Waals surface area contributed by atoms with E-state index in [-0.39, 0.29) is 23.4 Å². The van der Waals surface area contributed by atoms with E-state index in [9.17, 15) is 4.79 Å². The highest BCUT2D eigenvalue weighted by Crippen LogP contribution is 2.35. The van der Waals surface area contributed by atoms with Gasteiger partial charge in [-0.15, -0.1) is 0 Å². The molecule has 1 atom stereocenters. The first-order chi connectivity index (χ1) is 10.1. The average molecular weight is 295 g/mol. The minimum absolute atomic E-state index is 0.0203. The largest absolute Gasteiger partial charge is 0.353 e. The van der Waals surface area contributed by atoms with Gasteiger partial charge in [0.25, 0.3) is 0 Å². The summed E-state index contributed by atoms with van der Waals surface area (Å²) in [4.78, 5) is 14.9. The molecule has 0 aromatic carbocycles. The quantitative estimate of drug-likeness (QED) is 0.818. The lowest BCUT2D eigenvalue weighted by atomic mass is 9.79. The molecule has 1 aliphatic carbocycles. The molecule has 0 aromatic heterocycles. The molecule has 3 N–H and O–H groups in total. The highest BCUT2D eigenvalue weighted by Gasteiger charge is 2.38. The van der Waals surface area contributed by atoms with Crippen LogP contribution in [0.5, 0.6) is 0 Å². The van der Waals surface area contributed by atoms with Crippen LogP contribution in [0.4, 0.5) is 0 Å². The van der Waals surface area contributed by atoms with E-state index in [1.807, 2.05) is 13.8 Å². The summed E-state index contributed by atoms with van der Waals surface area (Å²) in [6, 6.07) is -0.382. The zero-order valence-electron chi connectivity index (χ0n) is 13.9. The van der Waals surface area contributed by atoms with Gasteiger partial charge in [-0.2, -0.15) is 0 Å². The van der Waals surface area contributed by atoms with E-state index < -0.39 is 0 Å². The van der Waals surface area contributed by atoms with Crippen LogP contribution in [-0.2, 0) is 4.79 Å². The number of rotatable bonds is 5. The van der Waals surface area contributed by atoms with Gasteiger partial charge in [0, 0.05) is 12.1 Å². The van der Waals surface area contributed by atoms with Crippen molar-refractivity contribution in [3.8, 4) is 0 Å². The molecule has 2 rings (SSSR count). The Morgan fingerprint density at radius 3 is 2.24 bits per heavy atom. The third kappa shape index (κ3) is 4.19. The van der Waals surface area contributed by atoms with E-state index in [1.165, 1.54) is 64.5 Å². The van der Waals surface area contributed by atoms with Crippen molar-refractivity contribution in [2.24, 2.45) is 11.7 Å². The number of nitrogens with two attached hydrogens (primary N) is 1. The Bertz CT molecular complexity index is 331. The van der Waals surface area contributed by atoms with E-state index >= 15 is 0 Å². The van der Waals surface area contributed by atoms with Gasteiger partial charge in [0.15, 0.2) is 0 Å². The third-order valence-electron chi connectivity index (χ3n) is 5.42. The molecule has 1 heterocycles. The first-order valence-electron chi connectivity index (χ1n) is 8.83. The molecule has 1 saturated carbocycles. The molecule has 1 aliphatic heterocycles. The van der Waals surface area contributed by atoms with Gasteiger partial charge in [-0.1, -0.05) is 39.5 Å². The van der Waals surface area contributed by atoms with E-state index in [2.05, 4.69) is 10.2 Å². The summed E-state index contributed by atoms with van der Waals surface area (Å²) in [5, 5.41) is 3.17. The Kier molecular flexibility index (Phi) is 6.06. The maximum absolute atomic E-state index is 12.2. The Hall–Kier alpha value is -0.610. The lowest BCUT2D eigenvalue weighted by Crippen LogP contribution is -2.59. The first-order valence-corrected chi connectivity index (χ1v) is 8.83. The predicted molar refractivity (Wildman–Crippen MR) is 87.1 cm³/mol. The van der Waals surface area contributed by atoms with Crippen LogP contribution >= 0.6 is 0 Å². The maximum Gasteiger partial charge on any atom is 0.237 e. The van der Waals surface area contributed by atoms with Gasteiger partial charge in [0.1, 0.15) is 0 Å². The number of carbonyl (C=O) groups excluding carboxylic acids is 1. The van der Waals surface area contributed by atoms with Crippen LogP contribution in [-0.4, -0.2) is 42.0 Å². The molecule has 0 aromatic rings. The molecule has 0 spiro atoms. The normalized spacial score (nSPS) is 24.8. The lowest BCUT2D eigenvalue weighted by molar-refractivity contribution is -0.124. The lowest BCUT2D eigenvalue weighted by Gasteiger charge is -2.48. The summed E-state index contributed by atoms with van der Waals surface area (Å²) in [6.07, 6.45) is 10.4. The van der Waals surface area contributed by atoms with Crippen LogP contribution in [0.3, 0.4) is 0 Å². The molecule has 21 heavy (non-hydrogen) atoms. The van der Waals surface area contributed by atoms with Crippen molar-refractivity contribution in [3.05, 3.63) is 0 Å². The van der Waals surface area contributed by atoms with Gasteiger partial charge < -0.3 is 11.1 Å². The molecule has 0 unspecified atom stereocenters. The van der Waals surface area contributed by atoms with Gasteiger partial charge in [0.2, 0.25) is 5.91 Å². The number of carbonyl (C=O) groups is 1. The van der Waals surface area contributed by atoms with Crippen molar-refractivity contribution in [1.29, 1.82) is 0 Å². The molecule has 122 valence electrons. The predicted octanol–water partition coefficient (Wildman–Crippen LogP) is 2.27. The number of hydrogen-bond donors (Lipinski definition) is 2. The summed E-state index contributed by atoms with van der Waals surface area (Å²) in [5.41, 5.74) is 6.17. The fourth-order valence-corrected chi connectivity index (χ4v) is 3.86. The molecular formula is C17H33N3O. The summed E-state index contributed by atoms with van der Waals surface area (Å²) >= 11 is 0. The second kappa shape index (κ2) is 7.59. The van der Waals surface area contributed by atoms with E-state index in [0.717, 1.165) is 6.54 Å². The number of nitrogens with zero attached hydrogens (tertiary/aromatic N) is 1. The number of hydrogen-bond acceptors (Lipinski definition) is 3. The Morgan fingerprint density at radius 2 is 1.67 bits per heavy atom. The Balaban J connectivity index is 1.97. The number of piperidine rings is 1. The summed E-state index contributed by atoms with van der Waals surface area (Å²) < 4.78 is 0. The molecule has 2 aliphatic rings. The standard InChI is InChI=1S/C17H33N3O/c1-14(2)15(18)16(21)19-13-17(9-5-3-6-10-17)20-11-7-4-8-12-20/h14-15H,3-13,18H2,1-2H3,(H,19,21)/t15-/m1/s1. The fourth-order valence-electron chi connectivity index (χ4n) is 3.86. The Morgan fingerprint density at radius 1 is 1.10 bits per heavy atom. The topological polar surface area (TPSA) is 58.4 Å². The smallest absolute Gasteiger partial charge is 0.237 e. The van der Waals surface area contributed by atoms with Gasteiger partial charge in [-0.05, 0) is 44.7 Å². The maximum atomic E-state index is 12.2. The highest BCUT2D eigenvalue weighted by atomic mass is 16.2. The van der Waals surface area contributed by atoms with Crippen molar-refractivity contribution in [2.45, 2.75) is 76.8 Å². The molecule has 1 saturated heterocycles. The minimum Gasteiger partial charge on any atom is -0.353 e. The first kappa shape index (κ1) is 16.8. The third-order valence-corrected chi connectivity index (χ3v) is 5.42. The highest BCUT2D eigenvalue weighted by molar-refractivity contribution is 5.81. The van der Waals surface area contributed by atoms with Crippen LogP contribution < -0.4 is 11.1 Å². The van der Waals surface area contributed by atoms with Crippen LogP contribution in [0, 0.1) is 5.92 Å². The molecule has 1 amide bonds. The van der Waals surface area contributed by atoms with Gasteiger partial charge in [0.05, 0.1) is 6.04 Å². The zero-order chi connectivity index (χ0) is 15.3. The number of likely N-dealkylation sites (tertiary alicyclic amines) is 1. The van der Waals surface area contributed by atoms with Gasteiger partial charge in [-0.3, -0.25) is 9.69 Å². The van der Waals surface area contributed by atoms with E-state index in [4.69, 9.17) is 5.73 Å². The van der Waals surface area contributed by atoms with Crippen molar-refractivity contribution >= 4 is 5.91 Å². The van der Waals surface area contributed by atoms with Crippen LogP contribution in [0.1, 0.15) is 65.2 Å². The van der Waals surface area contributed by atoms with Crippen molar-refractivity contribution in [1.82, 2.24) is 10.2 Å². The SMILES string of the molecule is CC(C)[C@@H](N)C(=O)NCC1(N2CCCCC2)CCCCC1. The van der Waals surface area contributed by atoms with Crippen molar-refractivity contribution < 1.29 is 4.79 Å². The van der Waals surface area contributed by atoms with E-state index in [1.54, 1.807) is 0 Å². The zero-order valence-corrected chi connectivity index (χ0v) is 13.9.